The van der Waals surface area contributed by atoms with Gasteiger partial charge in [-0.25, -0.2) is 4.79 Å². The van der Waals surface area contributed by atoms with E-state index in [-0.39, 0.29) is 68.2 Å². The first-order valence-electron chi connectivity index (χ1n) is 36.4. The maximum atomic E-state index is 14.9. The van der Waals surface area contributed by atoms with Crippen LogP contribution in [0.3, 0.4) is 0 Å². The van der Waals surface area contributed by atoms with Gasteiger partial charge < -0.3 is 123 Å². The zero-order chi connectivity index (χ0) is 87.3. The number of carbonyl (C=O) groups excluding carboxylic acids is 14. The predicted molar refractivity (Wildman–Crippen MR) is 410 cm³/mol. The molecule has 2 aromatic carbocycles. The van der Waals surface area contributed by atoms with Gasteiger partial charge in [0.05, 0.1) is 48.9 Å². The number of nitrogens with two attached hydrogens (primary N) is 7. The number of likely N-dealkylation sites (tertiary alicyclic amines) is 1. The summed E-state index contributed by atoms with van der Waals surface area (Å²) >= 11 is 0. The summed E-state index contributed by atoms with van der Waals surface area (Å²) in [6.07, 6.45) is -1.30. The summed E-state index contributed by atoms with van der Waals surface area (Å²) in [7, 11) is 1.40. The maximum absolute atomic E-state index is 14.9. The minimum Gasteiger partial charge on any atom is -0.497 e. The van der Waals surface area contributed by atoms with E-state index in [9.17, 15) is 107 Å². The van der Waals surface area contributed by atoms with Crippen LogP contribution in [0.25, 0.3) is 11.0 Å². The molecule has 2 unspecified atom stereocenters. The van der Waals surface area contributed by atoms with Gasteiger partial charge in [-0.05, 0) is 95.2 Å². The van der Waals surface area contributed by atoms with E-state index in [1.165, 1.54) is 52.7 Å². The maximum Gasteiger partial charge on any atom is 0.336 e. The average molecular weight is 1640 g/mol. The van der Waals surface area contributed by atoms with Gasteiger partial charge in [0.1, 0.15) is 83.3 Å². The summed E-state index contributed by atoms with van der Waals surface area (Å²) in [5.74, 6) is -16.0. The van der Waals surface area contributed by atoms with Gasteiger partial charge in [0.15, 0.2) is 11.9 Å². The SMILES string of the molecule is COc1ccc2c([C@@]3(C(=O)N[C@@H](CC(C)C)C(=O)N[C@@H](C)C(=O)N[C@@H](CCC(N)=O)C(=O)N[C@@H](C)C(=O)N[C@H](C(=O)NC(N)=NCCC[C@H](NC(=O)C(N)C(N)c4ccc([N+](=O)[O-])cc4[N+](=O)[O-])C(=O)N[C@@H](CO)C(=O)N[C@@H](CO)C(=O)N[C@@H](CO)C(=O)N[C@@H](CCCN=C(N)N)C(N)=O)C(C)C)CCCN3C(C)=O)cc(=O)oc2c1. The van der Waals surface area contributed by atoms with Crippen molar-refractivity contribution in [3.05, 3.63) is 84.2 Å². The number of guanidine groups is 2. The smallest absolute Gasteiger partial charge is 0.336 e. The van der Waals surface area contributed by atoms with E-state index in [2.05, 4.69) is 63.2 Å². The molecule has 2 heterocycles. The van der Waals surface area contributed by atoms with Crippen molar-refractivity contribution in [2.75, 3.05) is 46.6 Å². The first kappa shape index (κ1) is 95.7. The number of fused-ring (bicyclic) bond motifs is 1. The average Bonchev–Trinajstić information content (AvgIpc) is 1.61. The number of primary amides is 2. The fourth-order valence-electron chi connectivity index (χ4n) is 12.1. The molecule has 1 fully saturated rings. The molecule has 0 spiro atoms. The normalized spacial score (nSPS) is 16.4. The van der Waals surface area contributed by atoms with Gasteiger partial charge in [0.25, 0.3) is 17.3 Å². The van der Waals surface area contributed by atoms with Gasteiger partial charge >= 0.3 is 5.63 Å². The Balaban J connectivity index is 1.49. The van der Waals surface area contributed by atoms with Crippen molar-refractivity contribution in [3.63, 3.8) is 0 Å². The molecule has 4 rings (SSSR count). The largest absolute Gasteiger partial charge is 0.497 e. The fourth-order valence-corrected chi connectivity index (χ4v) is 12.1. The van der Waals surface area contributed by atoms with Crippen LogP contribution in [0.2, 0.25) is 0 Å². The fraction of sp³-hybridized carbons (Fsp3) is 0.551. The number of methoxy groups -OCH3 is 1. The number of nitrogens with zero attached hydrogens (tertiary/aromatic N) is 5. The first-order chi connectivity index (χ1) is 54.5. The molecule has 0 aliphatic carbocycles. The van der Waals surface area contributed by atoms with E-state index in [4.69, 9.17) is 49.3 Å². The summed E-state index contributed by atoms with van der Waals surface area (Å²) in [6, 6.07) is -12.2. The third-order valence-corrected chi connectivity index (χ3v) is 18.3. The molecule has 0 bridgehead atoms. The molecule has 28 N–H and O–H groups in total. The minimum atomic E-state index is -2.03. The van der Waals surface area contributed by atoms with Crippen LogP contribution < -0.4 is 109 Å². The molecule has 1 saturated heterocycles. The number of amides is 14. The zero-order valence-corrected chi connectivity index (χ0v) is 64.9. The van der Waals surface area contributed by atoms with Crippen molar-refractivity contribution >= 4 is 117 Å². The topological polar surface area (TPSA) is 768 Å². The summed E-state index contributed by atoms with van der Waals surface area (Å²) in [5.41, 5.74) is 35.3. The molecule has 1 aromatic heterocycles. The number of carbonyl (C=O) groups is 14. The quantitative estimate of drug-likeness (QED) is 0.00624. The van der Waals surface area contributed by atoms with Crippen molar-refractivity contribution in [3.8, 4) is 5.75 Å². The second-order valence-corrected chi connectivity index (χ2v) is 27.8. The lowest BCUT2D eigenvalue weighted by Crippen LogP contribution is -2.61. The van der Waals surface area contributed by atoms with E-state index >= 15 is 0 Å². The summed E-state index contributed by atoms with van der Waals surface area (Å²) < 4.78 is 10.8. The van der Waals surface area contributed by atoms with Crippen molar-refractivity contribution < 1.29 is 101 Å². The number of hydrogen-bond donors (Lipinski definition) is 21. The Morgan fingerprint density at radius 2 is 1.09 bits per heavy atom. The van der Waals surface area contributed by atoms with Crippen LogP contribution in [0.5, 0.6) is 5.75 Å². The summed E-state index contributed by atoms with van der Waals surface area (Å²) in [4.78, 5) is 234. The highest BCUT2D eigenvalue weighted by Gasteiger charge is 2.52. The lowest BCUT2D eigenvalue weighted by molar-refractivity contribution is -0.394. The number of hydrogen-bond acceptors (Lipinski definition) is 28. The second kappa shape index (κ2) is 44.7. The third kappa shape index (κ3) is 27.3. The number of benzene rings is 2. The molecule has 638 valence electrons. The molecule has 47 heteroatoms. The highest BCUT2D eigenvalue weighted by atomic mass is 16.6. The Kier molecular flexibility index (Phi) is 36.9. The lowest BCUT2D eigenvalue weighted by Gasteiger charge is -2.38. The van der Waals surface area contributed by atoms with Crippen molar-refractivity contribution in [2.45, 2.75) is 184 Å². The molecule has 1 aliphatic rings. The number of nitro benzene ring substituents is 2. The van der Waals surface area contributed by atoms with Crippen LogP contribution in [0.1, 0.15) is 123 Å². The second-order valence-electron chi connectivity index (χ2n) is 27.8. The van der Waals surface area contributed by atoms with E-state index in [1.807, 2.05) is 5.32 Å². The predicted octanol–water partition coefficient (Wildman–Crippen LogP) is -7.93. The van der Waals surface area contributed by atoms with Crippen molar-refractivity contribution in [1.82, 2.24) is 63.4 Å². The molecule has 47 nitrogen and oxygen atoms in total. The van der Waals surface area contributed by atoms with Crippen LogP contribution in [-0.2, 0) is 72.7 Å². The first-order valence-corrected chi connectivity index (χ1v) is 36.4. The van der Waals surface area contributed by atoms with E-state index < -0.39 is 251 Å². The summed E-state index contributed by atoms with van der Waals surface area (Å²) in [5, 5.41) is 79.9. The zero-order valence-electron chi connectivity index (χ0n) is 64.9. The number of rotatable bonds is 45. The van der Waals surface area contributed by atoms with Crippen LogP contribution in [0.15, 0.2) is 61.7 Å². The molecule has 14 amide bonds. The number of aliphatic hydroxyl groups excluding tert-OH is 3. The van der Waals surface area contributed by atoms with E-state index in [0.29, 0.717) is 23.6 Å². The highest BCUT2D eigenvalue weighted by Crippen LogP contribution is 2.43. The Hall–Kier alpha value is -12.6. The molecule has 13 atom stereocenters. The Morgan fingerprint density at radius 1 is 0.595 bits per heavy atom. The van der Waals surface area contributed by atoms with Crippen LogP contribution in [0.4, 0.5) is 11.4 Å². The minimum absolute atomic E-state index is 0.00514. The van der Waals surface area contributed by atoms with Gasteiger partial charge in [-0.15, -0.1) is 0 Å². The van der Waals surface area contributed by atoms with Crippen molar-refractivity contribution in [1.29, 1.82) is 0 Å². The van der Waals surface area contributed by atoms with Crippen LogP contribution >= 0.6 is 0 Å². The molecule has 0 saturated carbocycles. The van der Waals surface area contributed by atoms with Gasteiger partial charge in [-0.3, -0.25) is 103 Å². The van der Waals surface area contributed by atoms with Crippen LogP contribution in [0, 0.1) is 32.1 Å². The van der Waals surface area contributed by atoms with Crippen molar-refractivity contribution in [2.24, 2.45) is 62.0 Å². The van der Waals surface area contributed by atoms with E-state index in [1.54, 1.807) is 26.0 Å². The molecule has 1 aliphatic heterocycles. The molecule has 3 aromatic rings. The number of non-ortho nitro benzene ring substituents is 1. The molecule has 0 radical (unpaired) electrons. The number of nitro groups is 2. The number of aliphatic hydroxyl groups is 3. The monoisotopic (exact) mass is 1640 g/mol. The van der Waals surface area contributed by atoms with E-state index in [0.717, 1.165) is 18.2 Å². The Bertz CT molecular complexity index is 4250. The molecular weight excluding hydrogens is 1530 g/mol. The Labute approximate surface area is 662 Å². The lowest BCUT2D eigenvalue weighted by atomic mass is 9.83. The highest BCUT2D eigenvalue weighted by molar-refractivity contribution is 6.03. The van der Waals surface area contributed by atoms with Gasteiger partial charge in [0, 0.05) is 67.7 Å². The van der Waals surface area contributed by atoms with Gasteiger partial charge in [0.2, 0.25) is 76.8 Å². The molecule has 116 heavy (non-hydrogen) atoms. The third-order valence-electron chi connectivity index (χ3n) is 18.3. The number of ether oxygens (including phenoxy) is 1. The van der Waals surface area contributed by atoms with Gasteiger partial charge in [-0.2, -0.15) is 0 Å². The van der Waals surface area contributed by atoms with Crippen LogP contribution in [-0.4, -0.2) is 238 Å². The summed E-state index contributed by atoms with van der Waals surface area (Å²) in [6.45, 7) is 6.42. The number of nitrogens with one attached hydrogen (secondary N) is 11. The standard InChI is InChI=1S/C69H103N23O24/c1-31(2)24-44(87-66(110)69(20-11-23-90(69)35(7)96)40-27-51(98)116-49-26-37(115-8)15-17-38(40)49)60(104)80-33(5)56(100)82-43(18-19-50(70)97)58(102)79-34(6)57(101)88-54(32(3)4)65(109)89-68(76)78-22-10-13-42(83-64(108)53(72)52(71)39-16-14-36(91(111)112)25-48(39)92(113)114)59(103)84-46(29-94)62(106)86-47(30-95)63(107)85-45(28-93)61(105)81-41(55(73)99)12-9-21-77-67(74)75/h14-17,25-27,31-34,41-47,52-54,93-95H,9-13,18-24,28-30,71-72H2,1-8H3,(H2,70,97)(H2,73,99)(H,79,102)(H,80,104)(H,81,105)(H,82,100)(H,83,108)(H,84,103)(H,85,107)(H,86,106)(H,87,110)(H,88,101)(H4,74,75,77)(H3,76,78,89,109)/t33-,34-,41-,42-,43-,44-,45-,46-,47-,52?,53?,54-,69+/m0/s1. The molecular formula is C69H103N23O24. The Morgan fingerprint density at radius 3 is 1.59 bits per heavy atom. The number of aliphatic imine (C=N–C) groups is 2. The van der Waals surface area contributed by atoms with Gasteiger partial charge in [-0.1, -0.05) is 27.7 Å².